The molecule has 7 rings (SSSR count). The SMILES string of the molecule is c1cc(-c2ccsc2)c2cc(-c3n[nH]c4ccc(-c5cncc(OC6CCCCC6)c5)nc34)[nH]c2n1. The average molecular weight is 493 g/mol. The number of H-pyrrole nitrogens is 2. The van der Waals surface area contributed by atoms with Crippen molar-refractivity contribution in [2.45, 2.75) is 38.2 Å². The average Bonchev–Trinajstić information content (AvgIpc) is 3.68. The van der Waals surface area contributed by atoms with E-state index in [1.165, 1.54) is 24.8 Å². The molecule has 1 saturated carbocycles. The summed E-state index contributed by atoms with van der Waals surface area (Å²) in [6.07, 6.45) is 11.7. The van der Waals surface area contributed by atoms with E-state index in [9.17, 15) is 0 Å². The Morgan fingerprint density at radius 3 is 2.81 bits per heavy atom. The molecule has 1 aliphatic carbocycles. The molecule has 1 fully saturated rings. The molecule has 0 aliphatic heterocycles. The van der Waals surface area contributed by atoms with E-state index in [-0.39, 0.29) is 6.10 Å². The number of rotatable bonds is 5. The van der Waals surface area contributed by atoms with E-state index >= 15 is 0 Å². The van der Waals surface area contributed by atoms with Gasteiger partial charge in [0.15, 0.2) is 0 Å². The lowest BCUT2D eigenvalue weighted by Crippen LogP contribution is -2.19. The molecule has 0 amide bonds. The van der Waals surface area contributed by atoms with Gasteiger partial charge in [0.1, 0.15) is 22.6 Å². The van der Waals surface area contributed by atoms with Gasteiger partial charge in [0, 0.05) is 23.3 Å². The lowest BCUT2D eigenvalue weighted by atomic mass is 9.98. The van der Waals surface area contributed by atoms with Crippen LogP contribution in [0.3, 0.4) is 0 Å². The van der Waals surface area contributed by atoms with Gasteiger partial charge in [-0.25, -0.2) is 9.97 Å². The van der Waals surface area contributed by atoms with Crippen molar-refractivity contribution < 1.29 is 4.74 Å². The van der Waals surface area contributed by atoms with Gasteiger partial charge in [-0.1, -0.05) is 6.42 Å². The minimum atomic E-state index is 0.279. The Hall–Kier alpha value is -4.04. The zero-order valence-corrected chi connectivity index (χ0v) is 20.4. The molecule has 178 valence electrons. The van der Waals surface area contributed by atoms with Crippen molar-refractivity contribution in [2.75, 3.05) is 0 Å². The summed E-state index contributed by atoms with van der Waals surface area (Å²) in [6, 6.07) is 12.3. The van der Waals surface area contributed by atoms with Crippen molar-refractivity contribution in [3.8, 4) is 39.5 Å². The second-order valence-electron chi connectivity index (χ2n) is 9.27. The summed E-state index contributed by atoms with van der Waals surface area (Å²) >= 11 is 1.69. The van der Waals surface area contributed by atoms with Crippen LogP contribution in [0.4, 0.5) is 0 Å². The normalized spacial score (nSPS) is 14.6. The van der Waals surface area contributed by atoms with Gasteiger partial charge in [0.05, 0.1) is 29.2 Å². The number of aromatic amines is 2. The Kier molecular flexibility index (Phi) is 5.24. The molecule has 36 heavy (non-hydrogen) atoms. The van der Waals surface area contributed by atoms with Crippen molar-refractivity contribution >= 4 is 33.4 Å². The van der Waals surface area contributed by atoms with Gasteiger partial charge in [0.25, 0.3) is 0 Å². The first-order chi connectivity index (χ1) is 17.8. The maximum absolute atomic E-state index is 6.24. The van der Waals surface area contributed by atoms with E-state index in [0.717, 1.165) is 68.9 Å². The summed E-state index contributed by atoms with van der Waals surface area (Å²) in [5.74, 6) is 0.802. The third-order valence-corrected chi connectivity index (χ3v) is 7.57. The molecule has 0 bridgehead atoms. The molecule has 0 atom stereocenters. The zero-order valence-electron chi connectivity index (χ0n) is 19.6. The molecule has 1 aliphatic rings. The third kappa shape index (κ3) is 3.83. The van der Waals surface area contributed by atoms with Gasteiger partial charge < -0.3 is 9.72 Å². The zero-order chi connectivity index (χ0) is 23.9. The quantitative estimate of drug-likeness (QED) is 0.270. The number of pyridine rings is 3. The molecule has 0 radical (unpaired) electrons. The number of thiophene rings is 1. The Bertz CT molecular complexity index is 1660. The summed E-state index contributed by atoms with van der Waals surface area (Å²) in [5.41, 5.74) is 8.25. The number of nitrogens with zero attached hydrogens (tertiary/aromatic N) is 4. The lowest BCUT2D eigenvalue weighted by Gasteiger charge is -2.22. The Labute approximate surface area is 211 Å². The first-order valence-electron chi connectivity index (χ1n) is 12.3. The highest BCUT2D eigenvalue weighted by atomic mass is 32.1. The molecule has 0 unspecified atom stereocenters. The van der Waals surface area contributed by atoms with Crippen LogP contribution in [0.5, 0.6) is 5.75 Å². The Balaban J connectivity index is 1.26. The predicted molar refractivity (Wildman–Crippen MR) is 143 cm³/mol. The number of nitrogens with one attached hydrogen (secondary N) is 2. The number of ether oxygens (including phenoxy) is 1. The van der Waals surface area contributed by atoms with Gasteiger partial charge in [-0.05, 0) is 84.0 Å². The van der Waals surface area contributed by atoms with Crippen molar-refractivity contribution in [2.24, 2.45) is 0 Å². The Morgan fingerprint density at radius 1 is 0.972 bits per heavy atom. The van der Waals surface area contributed by atoms with Gasteiger partial charge in [-0.15, -0.1) is 0 Å². The van der Waals surface area contributed by atoms with Crippen molar-refractivity contribution in [1.29, 1.82) is 0 Å². The highest BCUT2D eigenvalue weighted by molar-refractivity contribution is 7.08. The summed E-state index contributed by atoms with van der Waals surface area (Å²) in [6.45, 7) is 0. The minimum absolute atomic E-state index is 0.279. The van der Waals surface area contributed by atoms with Gasteiger partial charge in [-0.2, -0.15) is 16.4 Å². The Morgan fingerprint density at radius 2 is 1.92 bits per heavy atom. The van der Waals surface area contributed by atoms with E-state index in [1.54, 1.807) is 17.5 Å². The van der Waals surface area contributed by atoms with E-state index in [1.807, 2.05) is 30.6 Å². The first-order valence-corrected chi connectivity index (χ1v) is 13.2. The van der Waals surface area contributed by atoms with Crippen LogP contribution in [0.15, 0.2) is 65.7 Å². The van der Waals surface area contributed by atoms with Crippen LogP contribution >= 0.6 is 11.3 Å². The van der Waals surface area contributed by atoms with Crippen molar-refractivity contribution in [1.82, 2.24) is 30.1 Å². The molecule has 7 nitrogen and oxygen atoms in total. The van der Waals surface area contributed by atoms with Crippen LogP contribution < -0.4 is 4.74 Å². The largest absolute Gasteiger partial charge is 0.489 e. The van der Waals surface area contributed by atoms with E-state index < -0.39 is 0 Å². The van der Waals surface area contributed by atoms with Crippen LogP contribution in [-0.2, 0) is 0 Å². The molecule has 0 aromatic carbocycles. The second-order valence-corrected chi connectivity index (χ2v) is 10.0. The molecule has 6 aromatic rings. The topological polar surface area (TPSA) is 92.4 Å². The number of hydrogen-bond donors (Lipinski definition) is 2. The summed E-state index contributed by atoms with van der Waals surface area (Å²) < 4.78 is 6.24. The lowest BCUT2D eigenvalue weighted by molar-refractivity contribution is 0.154. The monoisotopic (exact) mass is 492 g/mol. The maximum Gasteiger partial charge on any atom is 0.138 e. The molecular weight excluding hydrogens is 468 g/mol. The highest BCUT2D eigenvalue weighted by Crippen LogP contribution is 2.34. The number of aromatic nitrogens is 6. The van der Waals surface area contributed by atoms with E-state index in [2.05, 4.69) is 54.1 Å². The summed E-state index contributed by atoms with van der Waals surface area (Å²) in [7, 11) is 0. The van der Waals surface area contributed by atoms with Gasteiger partial charge in [-0.3, -0.25) is 10.1 Å². The summed E-state index contributed by atoms with van der Waals surface area (Å²) in [4.78, 5) is 17.4. The van der Waals surface area contributed by atoms with Crippen molar-refractivity contribution in [3.63, 3.8) is 0 Å². The van der Waals surface area contributed by atoms with Crippen LogP contribution in [0, 0.1) is 0 Å². The molecular formula is C28H24N6OS. The van der Waals surface area contributed by atoms with Crippen LogP contribution in [0.2, 0.25) is 0 Å². The maximum atomic E-state index is 6.24. The molecule has 2 N–H and O–H groups in total. The van der Waals surface area contributed by atoms with E-state index in [4.69, 9.17) is 9.72 Å². The third-order valence-electron chi connectivity index (χ3n) is 6.89. The fourth-order valence-electron chi connectivity index (χ4n) is 5.07. The standard InChI is InChI=1S/C28H24N6OS/c1-2-4-19(5-3-1)35-20-12-18(14-29-15-20)23-6-7-24-26(31-23)27(34-33-24)25-13-22-21(17-9-11-36-16-17)8-10-30-28(22)32-25/h6-16,19H,1-5H2,(H,30,32)(H,33,34). The summed E-state index contributed by atoms with van der Waals surface area (Å²) in [5, 5.41) is 13.0. The minimum Gasteiger partial charge on any atom is -0.489 e. The predicted octanol–water partition coefficient (Wildman–Crippen LogP) is 7.00. The fourth-order valence-corrected chi connectivity index (χ4v) is 5.73. The number of hydrogen-bond acceptors (Lipinski definition) is 6. The fraction of sp³-hybridized carbons (Fsp3) is 0.214. The highest BCUT2D eigenvalue weighted by Gasteiger charge is 2.18. The van der Waals surface area contributed by atoms with Crippen LogP contribution in [0.25, 0.3) is 55.8 Å². The molecule has 6 heterocycles. The second kappa shape index (κ2) is 8.87. The van der Waals surface area contributed by atoms with E-state index in [0.29, 0.717) is 0 Å². The number of fused-ring (bicyclic) bond motifs is 2. The van der Waals surface area contributed by atoms with Crippen LogP contribution in [-0.4, -0.2) is 36.2 Å². The molecule has 0 saturated heterocycles. The molecule has 8 heteroatoms. The van der Waals surface area contributed by atoms with Crippen LogP contribution in [0.1, 0.15) is 32.1 Å². The van der Waals surface area contributed by atoms with Gasteiger partial charge >= 0.3 is 0 Å². The van der Waals surface area contributed by atoms with Gasteiger partial charge in [0.2, 0.25) is 0 Å². The smallest absolute Gasteiger partial charge is 0.138 e. The van der Waals surface area contributed by atoms with Crippen molar-refractivity contribution in [3.05, 3.63) is 65.7 Å². The molecule has 6 aromatic heterocycles. The first kappa shape index (κ1) is 21.3. The molecule has 0 spiro atoms.